The first-order chi connectivity index (χ1) is 7.15. The third-order valence-corrected chi connectivity index (χ3v) is 2.48. The van der Waals surface area contributed by atoms with Crippen molar-refractivity contribution in [2.45, 2.75) is 26.3 Å². The zero-order valence-electron chi connectivity index (χ0n) is 9.10. The summed E-state index contributed by atoms with van der Waals surface area (Å²) in [6.07, 6.45) is 2.52. The van der Waals surface area contributed by atoms with Gasteiger partial charge in [0.1, 0.15) is 5.82 Å². The van der Waals surface area contributed by atoms with Gasteiger partial charge in [0, 0.05) is 6.20 Å². The van der Waals surface area contributed by atoms with Crippen LogP contribution in [0.3, 0.4) is 0 Å². The van der Waals surface area contributed by atoms with Gasteiger partial charge < -0.3 is 11.1 Å². The molecule has 0 saturated carbocycles. The fraction of sp³-hybridized carbons (Fsp3) is 0.455. The number of nitrogens with two attached hydrogens (primary N) is 1. The van der Waals surface area contributed by atoms with E-state index in [0.29, 0.717) is 5.82 Å². The number of rotatable bonds is 4. The standard InChI is InChI=1S/C11H17N3O/c1-3-8(2)10(12)11(15)14-9-6-4-5-7-13-9/h4-8,10H,3,12H2,1-2H3,(H,13,14,15). The van der Waals surface area contributed by atoms with Crippen molar-refractivity contribution in [3.8, 4) is 0 Å². The minimum Gasteiger partial charge on any atom is -0.320 e. The Morgan fingerprint density at radius 1 is 1.60 bits per heavy atom. The molecular weight excluding hydrogens is 190 g/mol. The molecule has 3 N–H and O–H groups in total. The highest BCUT2D eigenvalue weighted by Crippen LogP contribution is 2.08. The summed E-state index contributed by atoms with van der Waals surface area (Å²) in [4.78, 5) is 15.6. The third kappa shape index (κ3) is 3.32. The predicted octanol–water partition coefficient (Wildman–Crippen LogP) is 1.39. The molecule has 1 aromatic heterocycles. The Balaban J connectivity index is 2.56. The summed E-state index contributed by atoms with van der Waals surface area (Å²) in [5.41, 5.74) is 5.78. The molecule has 4 heteroatoms. The molecule has 2 atom stereocenters. The summed E-state index contributed by atoms with van der Waals surface area (Å²) in [5.74, 6) is 0.540. The second kappa shape index (κ2) is 5.46. The highest BCUT2D eigenvalue weighted by Gasteiger charge is 2.19. The largest absolute Gasteiger partial charge is 0.320 e. The van der Waals surface area contributed by atoms with Crippen LogP contribution in [0.25, 0.3) is 0 Å². The molecule has 82 valence electrons. The first-order valence-electron chi connectivity index (χ1n) is 5.12. The van der Waals surface area contributed by atoms with Crippen molar-refractivity contribution in [3.05, 3.63) is 24.4 Å². The van der Waals surface area contributed by atoms with Crippen LogP contribution in [0.4, 0.5) is 5.82 Å². The van der Waals surface area contributed by atoms with Gasteiger partial charge in [-0.05, 0) is 18.1 Å². The molecule has 0 bridgehead atoms. The summed E-state index contributed by atoms with van der Waals surface area (Å²) in [6, 6.07) is 4.88. The number of carbonyl (C=O) groups excluding carboxylic acids is 1. The summed E-state index contributed by atoms with van der Waals surface area (Å²) in [5, 5.41) is 2.68. The minimum atomic E-state index is -0.475. The molecule has 0 spiro atoms. The van der Waals surface area contributed by atoms with Gasteiger partial charge in [0.2, 0.25) is 5.91 Å². The highest BCUT2D eigenvalue weighted by molar-refractivity contribution is 5.94. The van der Waals surface area contributed by atoms with Crippen molar-refractivity contribution in [1.29, 1.82) is 0 Å². The molecule has 0 radical (unpaired) electrons. The lowest BCUT2D eigenvalue weighted by Gasteiger charge is -2.17. The minimum absolute atomic E-state index is 0.175. The van der Waals surface area contributed by atoms with E-state index in [2.05, 4.69) is 10.3 Å². The molecule has 0 aliphatic rings. The van der Waals surface area contributed by atoms with Gasteiger partial charge >= 0.3 is 0 Å². The lowest BCUT2D eigenvalue weighted by Crippen LogP contribution is -2.40. The second-order valence-electron chi connectivity index (χ2n) is 3.62. The van der Waals surface area contributed by atoms with Gasteiger partial charge in [-0.2, -0.15) is 0 Å². The number of pyridine rings is 1. The van der Waals surface area contributed by atoms with Crippen molar-refractivity contribution in [2.75, 3.05) is 5.32 Å². The lowest BCUT2D eigenvalue weighted by atomic mass is 9.99. The first-order valence-corrected chi connectivity index (χ1v) is 5.12. The summed E-state index contributed by atoms with van der Waals surface area (Å²) < 4.78 is 0. The van der Waals surface area contributed by atoms with E-state index in [0.717, 1.165) is 6.42 Å². The molecule has 1 heterocycles. The van der Waals surface area contributed by atoms with Gasteiger partial charge in [-0.1, -0.05) is 26.3 Å². The Morgan fingerprint density at radius 3 is 2.87 bits per heavy atom. The zero-order chi connectivity index (χ0) is 11.3. The number of anilines is 1. The quantitative estimate of drug-likeness (QED) is 0.784. The van der Waals surface area contributed by atoms with Crippen molar-refractivity contribution in [2.24, 2.45) is 11.7 Å². The number of nitrogens with zero attached hydrogens (tertiary/aromatic N) is 1. The average molecular weight is 207 g/mol. The van der Waals surface area contributed by atoms with Crippen molar-refractivity contribution in [1.82, 2.24) is 4.98 Å². The van der Waals surface area contributed by atoms with E-state index in [1.807, 2.05) is 19.9 Å². The number of hydrogen-bond donors (Lipinski definition) is 2. The van der Waals surface area contributed by atoms with Crippen LogP contribution in [0, 0.1) is 5.92 Å². The summed E-state index contributed by atoms with van der Waals surface area (Å²) in [7, 11) is 0. The molecule has 0 aliphatic carbocycles. The maximum absolute atomic E-state index is 11.6. The lowest BCUT2D eigenvalue weighted by molar-refractivity contribution is -0.118. The summed E-state index contributed by atoms with van der Waals surface area (Å²) >= 11 is 0. The predicted molar refractivity (Wildman–Crippen MR) is 60.3 cm³/mol. The fourth-order valence-electron chi connectivity index (χ4n) is 1.16. The molecule has 0 aromatic carbocycles. The Hall–Kier alpha value is -1.42. The van der Waals surface area contributed by atoms with Crippen LogP contribution in [-0.2, 0) is 4.79 Å². The number of hydrogen-bond acceptors (Lipinski definition) is 3. The van der Waals surface area contributed by atoms with Gasteiger partial charge in [-0.15, -0.1) is 0 Å². The van der Waals surface area contributed by atoms with Gasteiger partial charge in [0.15, 0.2) is 0 Å². The molecule has 1 aromatic rings. The Labute approximate surface area is 89.9 Å². The van der Waals surface area contributed by atoms with E-state index < -0.39 is 6.04 Å². The zero-order valence-corrected chi connectivity index (χ0v) is 9.10. The van der Waals surface area contributed by atoms with Gasteiger partial charge in [0.05, 0.1) is 6.04 Å². The second-order valence-corrected chi connectivity index (χ2v) is 3.62. The molecule has 0 aliphatic heterocycles. The fourth-order valence-corrected chi connectivity index (χ4v) is 1.16. The molecule has 0 fully saturated rings. The number of nitrogens with one attached hydrogen (secondary N) is 1. The smallest absolute Gasteiger partial charge is 0.242 e. The molecule has 1 rings (SSSR count). The Kier molecular flexibility index (Phi) is 4.24. The van der Waals surface area contributed by atoms with Crippen LogP contribution in [0.1, 0.15) is 20.3 Å². The van der Waals surface area contributed by atoms with Crippen molar-refractivity contribution in [3.63, 3.8) is 0 Å². The van der Waals surface area contributed by atoms with E-state index in [9.17, 15) is 4.79 Å². The Bertz CT molecular complexity index is 313. The van der Waals surface area contributed by atoms with Crippen LogP contribution in [0.5, 0.6) is 0 Å². The number of aromatic nitrogens is 1. The van der Waals surface area contributed by atoms with Gasteiger partial charge in [-0.3, -0.25) is 4.79 Å². The number of carbonyl (C=O) groups is 1. The molecule has 0 saturated heterocycles. The van der Waals surface area contributed by atoms with Crippen LogP contribution in [-0.4, -0.2) is 16.9 Å². The molecule has 15 heavy (non-hydrogen) atoms. The van der Waals surface area contributed by atoms with Crippen LogP contribution in [0.2, 0.25) is 0 Å². The highest BCUT2D eigenvalue weighted by atomic mass is 16.2. The normalized spacial score (nSPS) is 14.3. The third-order valence-electron chi connectivity index (χ3n) is 2.48. The van der Waals surface area contributed by atoms with Crippen molar-refractivity contribution >= 4 is 11.7 Å². The SMILES string of the molecule is CCC(C)C(N)C(=O)Nc1ccccn1. The van der Waals surface area contributed by atoms with Gasteiger partial charge in [-0.25, -0.2) is 4.98 Å². The number of amides is 1. The van der Waals surface area contributed by atoms with Crippen molar-refractivity contribution < 1.29 is 4.79 Å². The van der Waals surface area contributed by atoms with Gasteiger partial charge in [0.25, 0.3) is 0 Å². The van der Waals surface area contributed by atoms with E-state index in [-0.39, 0.29) is 11.8 Å². The van der Waals surface area contributed by atoms with Crippen LogP contribution < -0.4 is 11.1 Å². The van der Waals surface area contributed by atoms with E-state index >= 15 is 0 Å². The van der Waals surface area contributed by atoms with Crippen LogP contribution >= 0.6 is 0 Å². The first kappa shape index (κ1) is 11.7. The van der Waals surface area contributed by atoms with E-state index in [4.69, 9.17) is 5.73 Å². The van der Waals surface area contributed by atoms with E-state index in [1.54, 1.807) is 18.3 Å². The van der Waals surface area contributed by atoms with E-state index in [1.165, 1.54) is 0 Å². The molecule has 2 unspecified atom stereocenters. The average Bonchev–Trinajstić information content (AvgIpc) is 2.28. The summed E-state index contributed by atoms with van der Waals surface area (Å²) in [6.45, 7) is 3.97. The molecule has 4 nitrogen and oxygen atoms in total. The maximum atomic E-state index is 11.6. The molecule has 1 amide bonds. The Morgan fingerprint density at radius 2 is 2.33 bits per heavy atom. The maximum Gasteiger partial charge on any atom is 0.242 e. The molecular formula is C11H17N3O. The topological polar surface area (TPSA) is 68.0 Å². The van der Waals surface area contributed by atoms with Crippen LogP contribution in [0.15, 0.2) is 24.4 Å². The monoisotopic (exact) mass is 207 g/mol.